The third kappa shape index (κ3) is 4.19. The van der Waals surface area contributed by atoms with Crippen LogP contribution in [0.2, 0.25) is 0 Å². The fourth-order valence-corrected chi connectivity index (χ4v) is 2.59. The van der Waals surface area contributed by atoms with Gasteiger partial charge in [-0.15, -0.1) is 0 Å². The van der Waals surface area contributed by atoms with Crippen molar-refractivity contribution in [2.75, 3.05) is 4.90 Å². The van der Waals surface area contributed by atoms with Crippen molar-refractivity contribution in [1.82, 2.24) is 0 Å². The van der Waals surface area contributed by atoms with Gasteiger partial charge in [-0.1, -0.05) is 42.5 Å². The number of hydrogen-bond donors (Lipinski definition) is 1. The number of carbonyl (C=O) groups excluding carboxylic acids is 1. The molecule has 3 aromatic rings. The van der Waals surface area contributed by atoms with Gasteiger partial charge in [-0.3, -0.25) is 19.8 Å². The molecule has 3 aromatic carbocycles. The van der Waals surface area contributed by atoms with E-state index in [1.807, 2.05) is 60.7 Å². The first-order chi connectivity index (χ1) is 13.1. The van der Waals surface area contributed by atoms with Crippen LogP contribution < -0.4 is 4.90 Å². The van der Waals surface area contributed by atoms with E-state index in [4.69, 9.17) is 0 Å². The molecule has 6 nitrogen and oxygen atoms in total. The quantitative estimate of drug-likeness (QED) is 0.407. The lowest BCUT2D eigenvalue weighted by molar-refractivity contribution is -0.385. The number of aromatic hydroxyl groups is 1. The van der Waals surface area contributed by atoms with Gasteiger partial charge >= 0.3 is 5.69 Å². The molecule has 0 spiro atoms. The maximum absolute atomic E-state index is 12.9. The predicted molar refractivity (Wildman–Crippen MR) is 104 cm³/mol. The fourth-order valence-electron chi connectivity index (χ4n) is 2.59. The van der Waals surface area contributed by atoms with Crippen molar-refractivity contribution in [2.45, 2.75) is 0 Å². The summed E-state index contributed by atoms with van der Waals surface area (Å²) in [5.74, 6) is -0.721. The first-order valence-corrected chi connectivity index (χ1v) is 8.16. The molecule has 0 heterocycles. The molecule has 0 aliphatic rings. The van der Waals surface area contributed by atoms with Crippen molar-refractivity contribution in [3.63, 3.8) is 0 Å². The summed E-state index contributed by atoms with van der Waals surface area (Å²) in [6, 6.07) is 22.3. The van der Waals surface area contributed by atoms with Crippen LogP contribution in [0.3, 0.4) is 0 Å². The first kappa shape index (κ1) is 17.9. The van der Waals surface area contributed by atoms with Crippen molar-refractivity contribution in [2.24, 2.45) is 0 Å². The summed E-state index contributed by atoms with van der Waals surface area (Å²) in [4.78, 5) is 24.7. The maximum Gasteiger partial charge on any atom is 0.311 e. The Balaban J connectivity index is 1.93. The van der Waals surface area contributed by atoms with Crippen molar-refractivity contribution in [1.29, 1.82) is 0 Å². The molecule has 0 unspecified atom stereocenters. The van der Waals surface area contributed by atoms with Gasteiger partial charge in [-0.2, -0.15) is 0 Å². The average molecular weight is 360 g/mol. The van der Waals surface area contributed by atoms with E-state index < -0.39 is 16.4 Å². The Bertz CT molecular complexity index is 946. The van der Waals surface area contributed by atoms with Gasteiger partial charge in [0, 0.05) is 23.5 Å². The van der Waals surface area contributed by atoms with Gasteiger partial charge in [0.25, 0.3) is 5.91 Å². The zero-order chi connectivity index (χ0) is 19.2. The van der Waals surface area contributed by atoms with E-state index in [9.17, 15) is 20.0 Å². The summed E-state index contributed by atoms with van der Waals surface area (Å²) < 4.78 is 0. The van der Waals surface area contributed by atoms with Gasteiger partial charge in [-0.25, -0.2) is 0 Å². The standard InChI is InChI=1S/C21H16N2O4/c24-20-13-11-16(15-19(20)23(26)27)12-14-21(25)22(17-7-3-1-4-8-17)18-9-5-2-6-10-18/h1-15,24H. The normalized spacial score (nSPS) is 10.7. The van der Waals surface area contributed by atoms with E-state index in [0.29, 0.717) is 16.9 Å². The predicted octanol–water partition coefficient (Wildman–Crippen LogP) is 4.68. The number of amides is 1. The van der Waals surface area contributed by atoms with Gasteiger partial charge in [0.1, 0.15) is 0 Å². The van der Waals surface area contributed by atoms with Crippen LogP contribution in [-0.2, 0) is 4.79 Å². The molecule has 0 fully saturated rings. The average Bonchev–Trinajstić information content (AvgIpc) is 2.69. The summed E-state index contributed by atoms with van der Waals surface area (Å²) in [6.45, 7) is 0. The van der Waals surface area contributed by atoms with Gasteiger partial charge < -0.3 is 5.11 Å². The highest BCUT2D eigenvalue weighted by atomic mass is 16.6. The van der Waals surface area contributed by atoms with E-state index in [1.165, 1.54) is 30.4 Å². The van der Waals surface area contributed by atoms with Crippen molar-refractivity contribution in [3.8, 4) is 5.75 Å². The van der Waals surface area contributed by atoms with Crippen LogP contribution in [0.4, 0.5) is 17.1 Å². The highest BCUT2D eigenvalue weighted by Crippen LogP contribution is 2.28. The smallest absolute Gasteiger partial charge is 0.311 e. The molecule has 0 saturated carbocycles. The summed E-state index contributed by atoms with van der Waals surface area (Å²) in [5, 5.41) is 20.5. The van der Waals surface area contributed by atoms with E-state index in [2.05, 4.69) is 0 Å². The van der Waals surface area contributed by atoms with E-state index in [-0.39, 0.29) is 5.91 Å². The van der Waals surface area contributed by atoms with Crippen LogP contribution in [0.1, 0.15) is 5.56 Å². The minimum absolute atomic E-state index is 0.303. The molecule has 0 saturated heterocycles. The van der Waals surface area contributed by atoms with Crippen LogP contribution in [0.15, 0.2) is 84.9 Å². The van der Waals surface area contributed by atoms with Crippen LogP contribution in [0, 0.1) is 10.1 Å². The highest BCUT2D eigenvalue weighted by Gasteiger charge is 2.16. The Morgan fingerprint density at radius 2 is 1.48 bits per heavy atom. The minimum atomic E-state index is -0.672. The second kappa shape index (κ2) is 7.97. The number of phenols is 1. The molecule has 134 valence electrons. The molecule has 0 aromatic heterocycles. The van der Waals surface area contributed by atoms with Gasteiger partial charge in [0.15, 0.2) is 5.75 Å². The Morgan fingerprint density at radius 1 is 0.926 bits per heavy atom. The molecule has 3 rings (SSSR count). The van der Waals surface area contributed by atoms with Gasteiger partial charge in [0.05, 0.1) is 4.92 Å². The second-order valence-electron chi connectivity index (χ2n) is 5.68. The number of para-hydroxylation sites is 2. The SMILES string of the molecule is O=C(C=Cc1ccc(O)c([N+](=O)[O-])c1)N(c1ccccc1)c1ccccc1. The fraction of sp³-hybridized carbons (Fsp3) is 0. The van der Waals surface area contributed by atoms with Crippen LogP contribution in [0.5, 0.6) is 5.75 Å². The maximum atomic E-state index is 12.9. The number of carbonyl (C=O) groups is 1. The van der Waals surface area contributed by atoms with Crippen LogP contribution in [-0.4, -0.2) is 15.9 Å². The Hall–Kier alpha value is -3.93. The molecule has 0 aliphatic heterocycles. The summed E-state index contributed by atoms with van der Waals surface area (Å²) in [7, 11) is 0. The zero-order valence-electron chi connectivity index (χ0n) is 14.2. The van der Waals surface area contributed by atoms with Crippen molar-refractivity contribution >= 4 is 29.0 Å². The molecule has 6 heteroatoms. The minimum Gasteiger partial charge on any atom is -0.502 e. The third-order valence-corrected chi connectivity index (χ3v) is 3.86. The lowest BCUT2D eigenvalue weighted by Gasteiger charge is -2.21. The van der Waals surface area contributed by atoms with Crippen molar-refractivity contribution < 1.29 is 14.8 Å². The number of anilines is 2. The number of benzene rings is 3. The number of hydrogen-bond acceptors (Lipinski definition) is 4. The molecule has 0 aliphatic carbocycles. The van der Waals surface area contributed by atoms with Crippen molar-refractivity contribution in [3.05, 3.63) is 101 Å². The van der Waals surface area contributed by atoms with Crippen LogP contribution >= 0.6 is 0 Å². The number of nitrogens with zero attached hydrogens (tertiary/aromatic N) is 2. The Morgan fingerprint density at radius 3 is 2.00 bits per heavy atom. The topological polar surface area (TPSA) is 83.7 Å². The van der Waals surface area contributed by atoms with E-state index >= 15 is 0 Å². The summed E-state index contributed by atoms with van der Waals surface area (Å²) >= 11 is 0. The second-order valence-corrected chi connectivity index (χ2v) is 5.68. The number of nitro groups is 1. The summed E-state index contributed by atoms with van der Waals surface area (Å²) in [6.07, 6.45) is 2.82. The Kier molecular flexibility index (Phi) is 5.28. The van der Waals surface area contributed by atoms with E-state index in [1.54, 1.807) is 4.90 Å². The third-order valence-electron chi connectivity index (χ3n) is 3.86. The first-order valence-electron chi connectivity index (χ1n) is 8.16. The lowest BCUT2D eigenvalue weighted by atomic mass is 10.1. The number of rotatable bonds is 5. The largest absolute Gasteiger partial charge is 0.502 e. The molecule has 0 radical (unpaired) electrons. The molecule has 0 bridgehead atoms. The lowest BCUT2D eigenvalue weighted by Crippen LogP contribution is -2.23. The number of nitro benzene ring substituents is 1. The Labute approximate surface area is 155 Å². The number of phenolic OH excluding ortho intramolecular Hbond substituents is 1. The van der Waals surface area contributed by atoms with E-state index in [0.717, 1.165) is 0 Å². The van der Waals surface area contributed by atoms with Crippen LogP contribution in [0.25, 0.3) is 6.08 Å². The van der Waals surface area contributed by atoms with Gasteiger partial charge in [0.2, 0.25) is 0 Å². The zero-order valence-corrected chi connectivity index (χ0v) is 14.2. The molecule has 0 atom stereocenters. The highest BCUT2D eigenvalue weighted by molar-refractivity contribution is 6.08. The molecule has 1 N–H and O–H groups in total. The monoisotopic (exact) mass is 360 g/mol. The molecular weight excluding hydrogens is 344 g/mol. The molecule has 1 amide bonds. The van der Waals surface area contributed by atoms with Gasteiger partial charge in [-0.05, 0) is 42.0 Å². The summed E-state index contributed by atoms with van der Waals surface area (Å²) in [5.41, 5.74) is 1.44. The molecule has 27 heavy (non-hydrogen) atoms. The molecular formula is C21H16N2O4.